The van der Waals surface area contributed by atoms with Gasteiger partial charge in [-0.05, 0) is 37.2 Å². The Labute approximate surface area is 140 Å². The van der Waals surface area contributed by atoms with Gasteiger partial charge in [0.05, 0.1) is 12.2 Å². The molecule has 120 valence electrons. The Morgan fingerprint density at radius 2 is 1.83 bits per heavy atom. The van der Waals surface area contributed by atoms with Crippen LogP contribution in [0.4, 0.5) is 5.95 Å². The number of fused-ring (bicyclic) bond motifs is 2. The number of aryl methyl sites for hydroxylation is 2. The second-order valence-corrected chi connectivity index (χ2v) is 8.17. The molecule has 2 atom stereocenters. The maximum atomic E-state index is 4.86. The van der Waals surface area contributed by atoms with Gasteiger partial charge in [0.2, 0.25) is 5.95 Å². The van der Waals surface area contributed by atoms with E-state index in [-0.39, 0.29) is 0 Å². The van der Waals surface area contributed by atoms with Gasteiger partial charge in [-0.1, -0.05) is 0 Å². The first kappa shape index (κ1) is 13.9. The lowest BCUT2D eigenvalue weighted by Gasteiger charge is -2.20. The quantitative estimate of drug-likeness (QED) is 0.863. The Kier molecular flexibility index (Phi) is 3.33. The fraction of sp³-hybridized carbons (Fsp3) is 0.588. The van der Waals surface area contributed by atoms with Crippen molar-refractivity contribution in [3.63, 3.8) is 0 Å². The van der Waals surface area contributed by atoms with Crippen LogP contribution in [0.5, 0.6) is 0 Å². The molecule has 2 aromatic heterocycles. The molecular formula is C17H21N5S. The van der Waals surface area contributed by atoms with Gasteiger partial charge in [-0.25, -0.2) is 15.0 Å². The summed E-state index contributed by atoms with van der Waals surface area (Å²) in [7, 11) is 0. The number of hydrogen-bond donors (Lipinski definition) is 0. The first-order chi connectivity index (χ1) is 11.3. The van der Waals surface area contributed by atoms with Gasteiger partial charge in [0.15, 0.2) is 0 Å². The number of thiazole rings is 1. The molecule has 0 aromatic carbocycles. The van der Waals surface area contributed by atoms with Crippen LogP contribution in [0.15, 0.2) is 18.5 Å². The van der Waals surface area contributed by atoms with E-state index in [9.17, 15) is 0 Å². The standard InChI is InChI=1S/C17H21N5S/c1-3-14-15(4-1)23-16(20-14)11-21-7-12-9-22(10-13(12)8-21)17-18-5-2-6-19-17/h2,5-6,12-13H,1,3-4,7-11H2. The van der Waals surface area contributed by atoms with E-state index < -0.39 is 0 Å². The van der Waals surface area contributed by atoms with E-state index in [1.54, 1.807) is 4.88 Å². The van der Waals surface area contributed by atoms with E-state index in [2.05, 4.69) is 19.8 Å². The number of anilines is 1. The predicted octanol–water partition coefficient (Wildman–Crippen LogP) is 1.99. The highest BCUT2D eigenvalue weighted by molar-refractivity contribution is 7.11. The van der Waals surface area contributed by atoms with Gasteiger partial charge >= 0.3 is 0 Å². The minimum Gasteiger partial charge on any atom is -0.340 e. The van der Waals surface area contributed by atoms with E-state index in [4.69, 9.17) is 4.98 Å². The first-order valence-electron chi connectivity index (χ1n) is 8.57. The van der Waals surface area contributed by atoms with Gasteiger partial charge < -0.3 is 4.90 Å². The second-order valence-electron chi connectivity index (χ2n) is 7.00. The first-order valence-corrected chi connectivity index (χ1v) is 9.38. The van der Waals surface area contributed by atoms with Crippen LogP contribution in [0.1, 0.15) is 22.0 Å². The number of likely N-dealkylation sites (tertiary alicyclic amines) is 1. The molecule has 0 amide bonds. The molecule has 6 heteroatoms. The molecule has 2 aliphatic heterocycles. The topological polar surface area (TPSA) is 45.2 Å². The molecular weight excluding hydrogens is 306 g/mol. The van der Waals surface area contributed by atoms with E-state index in [1.807, 2.05) is 29.8 Å². The summed E-state index contributed by atoms with van der Waals surface area (Å²) in [5.41, 5.74) is 1.39. The van der Waals surface area contributed by atoms with Crippen LogP contribution in [-0.4, -0.2) is 46.0 Å². The molecule has 2 fully saturated rings. The van der Waals surface area contributed by atoms with Crippen molar-refractivity contribution >= 4 is 17.3 Å². The summed E-state index contributed by atoms with van der Waals surface area (Å²) in [5.74, 6) is 2.40. The lowest BCUT2D eigenvalue weighted by atomic mass is 10.0. The van der Waals surface area contributed by atoms with Crippen molar-refractivity contribution in [2.75, 3.05) is 31.1 Å². The second kappa shape index (κ2) is 5.53. The molecule has 2 unspecified atom stereocenters. The van der Waals surface area contributed by atoms with Crippen molar-refractivity contribution in [3.8, 4) is 0 Å². The summed E-state index contributed by atoms with van der Waals surface area (Å²) in [6.45, 7) is 5.63. The van der Waals surface area contributed by atoms with Crippen molar-refractivity contribution in [2.24, 2.45) is 11.8 Å². The predicted molar refractivity (Wildman–Crippen MR) is 90.6 cm³/mol. The van der Waals surface area contributed by atoms with Crippen LogP contribution in [0.3, 0.4) is 0 Å². The summed E-state index contributed by atoms with van der Waals surface area (Å²) in [6, 6.07) is 1.88. The zero-order chi connectivity index (χ0) is 15.2. The minimum atomic E-state index is 0.755. The van der Waals surface area contributed by atoms with Gasteiger partial charge in [-0.15, -0.1) is 11.3 Å². The molecule has 0 saturated carbocycles. The van der Waals surface area contributed by atoms with Gasteiger partial charge in [-0.2, -0.15) is 0 Å². The highest BCUT2D eigenvalue weighted by Crippen LogP contribution is 2.34. The Bertz CT molecular complexity index is 665. The summed E-state index contributed by atoms with van der Waals surface area (Å²) in [4.78, 5) is 20.2. The third kappa shape index (κ3) is 2.54. The van der Waals surface area contributed by atoms with Gasteiger partial charge in [0.25, 0.3) is 0 Å². The van der Waals surface area contributed by atoms with E-state index >= 15 is 0 Å². The highest BCUT2D eigenvalue weighted by Gasteiger charge is 2.40. The fourth-order valence-electron chi connectivity index (χ4n) is 4.34. The molecule has 2 saturated heterocycles. The molecule has 3 aliphatic rings. The summed E-state index contributed by atoms with van der Waals surface area (Å²) in [6.07, 6.45) is 7.43. The van der Waals surface area contributed by atoms with Crippen LogP contribution in [0, 0.1) is 11.8 Å². The number of rotatable bonds is 3. The number of aromatic nitrogens is 3. The summed E-state index contributed by atoms with van der Waals surface area (Å²) < 4.78 is 0. The molecule has 2 aromatic rings. The van der Waals surface area contributed by atoms with Crippen LogP contribution >= 0.6 is 11.3 Å². The largest absolute Gasteiger partial charge is 0.340 e. The molecule has 1 aliphatic carbocycles. The smallest absolute Gasteiger partial charge is 0.225 e. The normalized spacial score (nSPS) is 26.7. The highest BCUT2D eigenvalue weighted by atomic mass is 32.1. The Hall–Kier alpha value is -1.53. The molecule has 5 rings (SSSR count). The van der Waals surface area contributed by atoms with Gasteiger partial charge in [-0.3, -0.25) is 4.90 Å². The van der Waals surface area contributed by atoms with Crippen LogP contribution in [0.25, 0.3) is 0 Å². The minimum absolute atomic E-state index is 0.755. The van der Waals surface area contributed by atoms with Crippen LogP contribution < -0.4 is 4.90 Å². The molecule has 0 radical (unpaired) electrons. The van der Waals surface area contributed by atoms with E-state index in [1.165, 1.54) is 43.1 Å². The molecule has 0 spiro atoms. The monoisotopic (exact) mass is 327 g/mol. The van der Waals surface area contributed by atoms with Crippen molar-refractivity contribution in [3.05, 3.63) is 34.0 Å². The maximum absolute atomic E-state index is 4.86. The molecule has 0 N–H and O–H groups in total. The average Bonchev–Trinajstić information content (AvgIpc) is 3.27. The van der Waals surface area contributed by atoms with Gasteiger partial charge in [0.1, 0.15) is 5.01 Å². The molecule has 23 heavy (non-hydrogen) atoms. The van der Waals surface area contributed by atoms with Crippen molar-refractivity contribution < 1.29 is 0 Å². The Morgan fingerprint density at radius 3 is 2.57 bits per heavy atom. The third-order valence-electron chi connectivity index (χ3n) is 5.40. The van der Waals surface area contributed by atoms with Crippen molar-refractivity contribution in [1.82, 2.24) is 19.9 Å². The van der Waals surface area contributed by atoms with Crippen LogP contribution in [0.2, 0.25) is 0 Å². The van der Waals surface area contributed by atoms with Crippen LogP contribution in [-0.2, 0) is 19.4 Å². The lowest BCUT2D eigenvalue weighted by molar-refractivity contribution is 0.308. The summed E-state index contributed by atoms with van der Waals surface area (Å²) >= 11 is 1.95. The van der Waals surface area contributed by atoms with Gasteiger partial charge in [0, 0.05) is 43.4 Å². The fourth-order valence-corrected chi connectivity index (χ4v) is 5.54. The Morgan fingerprint density at radius 1 is 1.04 bits per heavy atom. The maximum Gasteiger partial charge on any atom is 0.225 e. The van der Waals surface area contributed by atoms with E-state index in [0.29, 0.717) is 0 Å². The number of nitrogens with zero attached hydrogens (tertiary/aromatic N) is 5. The Balaban J connectivity index is 1.22. The zero-order valence-corrected chi connectivity index (χ0v) is 14.0. The average molecular weight is 327 g/mol. The molecule has 5 nitrogen and oxygen atoms in total. The molecule has 0 bridgehead atoms. The SMILES string of the molecule is c1cnc(N2CC3CN(Cc4nc5c(s4)CCC5)CC3C2)nc1. The third-order valence-corrected chi connectivity index (χ3v) is 6.54. The van der Waals surface area contributed by atoms with E-state index in [0.717, 1.165) is 37.4 Å². The summed E-state index contributed by atoms with van der Waals surface area (Å²) in [5, 5.41) is 1.33. The van der Waals surface area contributed by atoms with Crippen molar-refractivity contribution in [1.29, 1.82) is 0 Å². The number of hydrogen-bond acceptors (Lipinski definition) is 6. The zero-order valence-electron chi connectivity index (χ0n) is 13.2. The lowest BCUT2D eigenvalue weighted by Crippen LogP contribution is -2.29. The van der Waals surface area contributed by atoms with Crippen molar-refractivity contribution in [2.45, 2.75) is 25.8 Å². The molecule has 4 heterocycles.